The highest BCUT2D eigenvalue weighted by molar-refractivity contribution is 6.15. The normalized spacial score (nSPS) is 17.6. The largest absolute Gasteiger partial charge is 0.504 e. The van der Waals surface area contributed by atoms with Crippen molar-refractivity contribution in [2.75, 3.05) is 0 Å². The highest BCUT2D eigenvalue weighted by Gasteiger charge is 2.23. The van der Waals surface area contributed by atoms with Crippen LogP contribution in [0.1, 0.15) is 11.1 Å². The summed E-state index contributed by atoms with van der Waals surface area (Å²) in [6.45, 7) is 0. The van der Waals surface area contributed by atoms with E-state index in [1.807, 2.05) is 30.3 Å². The first-order valence-corrected chi connectivity index (χ1v) is 4.74. The zero-order valence-corrected chi connectivity index (χ0v) is 7.90. The number of benzene rings is 1. The molecule has 0 atom stereocenters. The third-order valence-corrected chi connectivity index (χ3v) is 2.69. The number of ketones is 1. The molecule has 0 spiro atoms. The maximum Gasteiger partial charge on any atom is 0.220 e. The van der Waals surface area contributed by atoms with E-state index in [0.717, 1.165) is 22.3 Å². The lowest BCUT2D eigenvalue weighted by Gasteiger charge is -2.08. The summed E-state index contributed by atoms with van der Waals surface area (Å²) in [7, 11) is 0. The van der Waals surface area contributed by atoms with Crippen molar-refractivity contribution in [2.24, 2.45) is 0 Å². The number of fused-ring (bicyclic) bond motifs is 3. The second kappa shape index (κ2) is 2.70. The van der Waals surface area contributed by atoms with E-state index < -0.39 is 0 Å². The monoisotopic (exact) mass is 196 g/mol. The third kappa shape index (κ3) is 1.08. The maximum absolute atomic E-state index is 11.3. The first-order chi connectivity index (χ1) is 7.25. The molecule has 0 bridgehead atoms. The molecule has 0 heterocycles. The minimum absolute atomic E-state index is 0.183. The Hall–Kier alpha value is -2.09. The molecule has 72 valence electrons. The molecule has 0 saturated carbocycles. The molecule has 15 heavy (non-hydrogen) atoms. The second-order valence-corrected chi connectivity index (χ2v) is 3.64. The zero-order chi connectivity index (χ0) is 10.4. The minimum atomic E-state index is -0.321. The summed E-state index contributed by atoms with van der Waals surface area (Å²) in [6.07, 6.45) is 4.99. The van der Waals surface area contributed by atoms with Gasteiger partial charge in [0.05, 0.1) is 0 Å². The summed E-state index contributed by atoms with van der Waals surface area (Å²) >= 11 is 0. The van der Waals surface area contributed by atoms with Crippen LogP contribution in [0.5, 0.6) is 0 Å². The smallest absolute Gasteiger partial charge is 0.220 e. The van der Waals surface area contributed by atoms with Crippen molar-refractivity contribution in [1.29, 1.82) is 0 Å². The molecule has 0 amide bonds. The molecule has 0 saturated heterocycles. The van der Waals surface area contributed by atoms with E-state index in [1.165, 1.54) is 12.2 Å². The fourth-order valence-corrected chi connectivity index (χ4v) is 1.97. The molecule has 0 fully saturated rings. The van der Waals surface area contributed by atoms with E-state index in [-0.39, 0.29) is 11.5 Å². The van der Waals surface area contributed by atoms with E-state index in [1.54, 1.807) is 0 Å². The fraction of sp³-hybridized carbons (Fsp3) is 0. The van der Waals surface area contributed by atoms with Gasteiger partial charge in [-0.3, -0.25) is 4.79 Å². The van der Waals surface area contributed by atoms with Crippen LogP contribution < -0.4 is 0 Å². The Bertz CT molecular complexity index is 560. The molecule has 1 aromatic rings. The van der Waals surface area contributed by atoms with Crippen LogP contribution in [-0.2, 0) is 4.79 Å². The van der Waals surface area contributed by atoms with Crippen molar-refractivity contribution >= 4 is 17.4 Å². The summed E-state index contributed by atoms with van der Waals surface area (Å²) in [5.74, 6) is -0.503. The Balaban J connectivity index is 2.25. The van der Waals surface area contributed by atoms with Crippen molar-refractivity contribution in [3.05, 3.63) is 58.9 Å². The van der Waals surface area contributed by atoms with E-state index in [2.05, 4.69) is 0 Å². The predicted octanol–water partition coefficient (Wildman–Crippen LogP) is 2.49. The summed E-state index contributed by atoms with van der Waals surface area (Å²) in [5, 5.41) is 9.33. The molecule has 0 aliphatic heterocycles. The lowest BCUT2D eigenvalue weighted by atomic mass is 9.96. The Kier molecular flexibility index (Phi) is 1.48. The predicted molar refractivity (Wildman–Crippen MR) is 58.1 cm³/mol. The molecule has 1 N–H and O–H groups in total. The van der Waals surface area contributed by atoms with Gasteiger partial charge >= 0.3 is 0 Å². The van der Waals surface area contributed by atoms with Crippen LogP contribution in [0.3, 0.4) is 0 Å². The van der Waals surface area contributed by atoms with Gasteiger partial charge < -0.3 is 5.11 Å². The number of carbonyl (C=O) groups excluding carboxylic acids is 1. The Morgan fingerprint density at radius 2 is 1.80 bits per heavy atom. The van der Waals surface area contributed by atoms with Crippen molar-refractivity contribution in [1.82, 2.24) is 0 Å². The Morgan fingerprint density at radius 1 is 1.00 bits per heavy atom. The molecule has 0 aromatic heterocycles. The minimum Gasteiger partial charge on any atom is -0.504 e. The molecule has 3 rings (SSSR count). The lowest BCUT2D eigenvalue weighted by Crippen LogP contribution is -2.04. The van der Waals surface area contributed by atoms with E-state index in [9.17, 15) is 9.90 Å². The summed E-state index contributed by atoms with van der Waals surface area (Å²) in [6, 6.07) is 7.88. The van der Waals surface area contributed by atoms with Crippen LogP contribution in [0, 0.1) is 0 Å². The highest BCUT2D eigenvalue weighted by Crippen LogP contribution is 2.38. The third-order valence-electron chi connectivity index (χ3n) is 2.69. The fourth-order valence-electron chi connectivity index (χ4n) is 1.97. The van der Waals surface area contributed by atoms with Crippen LogP contribution in [0.15, 0.2) is 47.7 Å². The van der Waals surface area contributed by atoms with Crippen molar-refractivity contribution < 1.29 is 9.90 Å². The number of aliphatic hydroxyl groups is 1. The van der Waals surface area contributed by atoms with Gasteiger partial charge in [-0.05, 0) is 40.5 Å². The highest BCUT2D eigenvalue weighted by atomic mass is 16.3. The summed E-state index contributed by atoms with van der Waals surface area (Å²) in [4.78, 5) is 11.3. The van der Waals surface area contributed by atoms with Crippen LogP contribution in [0.4, 0.5) is 0 Å². The quantitative estimate of drug-likeness (QED) is 0.692. The van der Waals surface area contributed by atoms with Gasteiger partial charge in [-0.25, -0.2) is 0 Å². The van der Waals surface area contributed by atoms with Crippen LogP contribution in [0.2, 0.25) is 0 Å². The standard InChI is InChI=1S/C13H8O2/c14-12-6-9-5-8-3-1-2-4-10(8)11(9)7-13(12)15/h1-7,14H. The molecule has 2 heteroatoms. The number of rotatable bonds is 0. The maximum atomic E-state index is 11.3. The molecule has 2 nitrogen and oxygen atoms in total. The van der Waals surface area contributed by atoms with Gasteiger partial charge in [0.2, 0.25) is 5.78 Å². The van der Waals surface area contributed by atoms with Gasteiger partial charge in [0, 0.05) is 0 Å². The zero-order valence-electron chi connectivity index (χ0n) is 7.90. The Labute approximate surface area is 86.9 Å². The first-order valence-electron chi connectivity index (χ1n) is 4.74. The Morgan fingerprint density at radius 3 is 2.67 bits per heavy atom. The lowest BCUT2D eigenvalue weighted by molar-refractivity contribution is -0.113. The second-order valence-electron chi connectivity index (χ2n) is 3.64. The number of hydrogen-bond acceptors (Lipinski definition) is 2. The van der Waals surface area contributed by atoms with Crippen LogP contribution >= 0.6 is 0 Å². The van der Waals surface area contributed by atoms with Gasteiger partial charge in [0.25, 0.3) is 0 Å². The van der Waals surface area contributed by atoms with E-state index in [0.29, 0.717) is 0 Å². The van der Waals surface area contributed by atoms with Crippen molar-refractivity contribution in [3.8, 4) is 0 Å². The topological polar surface area (TPSA) is 37.3 Å². The molecule has 1 aromatic carbocycles. The van der Waals surface area contributed by atoms with Crippen LogP contribution in [0.25, 0.3) is 11.6 Å². The van der Waals surface area contributed by atoms with Gasteiger partial charge in [-0.2, -0.15) is 0 Å². The molecular formula is C13H8O2. The van der Waals surface area contributed by atoms with Gasteiger partial charge in [-0.15, -0.1) is 0 Å². The van der Waals surface area contributed by atoms with E-state index >= 15 is 0 Å². The molecular weight excluding hydrogens is 188 g/mol. The summed E-state index contributed by atoms with van der Waals surface area (Å²) in [5.41, 5.74) is 3.98. The SMILES string of the molecule is O=C1C=C2C(=Cc3ccccc32)C=C1O. The first kappa shape index (κ1) is 8.24. The van der Waals surface area contributed by atoms with Crippen molar-refractivity contribution in [3.63, 3.8) is 0 Å². The molecule has 0 radical (unpaired) electrons. The molecule has 0 unspecified atom stereocenters. The number of aliphatic hydroxyl groups excluding tert-OH is 1. The van der Waals surface area contributed by atoms with Gasteiger partial charge in [0.15, 0.2) is 5.76 Å². The average molecular weight is 196 g/mol. The molecule has 2 aliphatic rings. The van der Waals surface area contributed by atoms with Gasteiger partial charge in [-0.1, -0.05) is 24.3 Å². The summed E-state index contributed by atoms with van der Waals surface area (Å²) < 4.78 is 0. The molecule has 2 aliphatic carbocycles. The van der Waals surface area contributed by atoms with E-state index in [4.69, 9.17) is 0 Å². The van der Waals surface area contributed by atoms with Crippen LogP contribution in [-0.4, -0.2) is 10.9 Å². The average Bonchev–Trinajstić information content (AvgIpc) is 2.57. The van der Waals surface area contributed by atoms with Crippen molar-refractivity contribution in [2.45, 2.75) is 0 Å². The van der Waals surface area contributed by atoms with Gasteiger partial charge in [0.1, 0.15) is 0 Å². The number of hydrogen-bond donors (Lipinski definition) is 1. The number of allylic oxidation sites excluding steroid dienone is 4. The number of carbonyl (C=O) groups is 1.